The van der Waals surface area contributed by atoms with E-state index in [0.29, 0.717) is 18.8 Å². The highest BCUT2D eigenvalue weighted by Crippen LogP contribution is 2.16. The molecule has 2 N–H and O–H groups in total. The Morgan fingerprint density at radius 2 is 2.03 bits per heavy atom. The number of piperidine rings is 1. The molecule has 3 rings (SSSR count). The van der Waals surface area contributed by atoms with Gasteiger partial charge in [0.15, 0.2) is 0 Å². The van der Waals surface area contributed by atoms with Gasteiger partial charge in [-0.15, -0.1) is 0 Å². The van der Waals surface area contributed by atoms with Gasteiger partial charge in [-0.05, 0) is 46.5 Å². The summed E-state index contributed by atoms with van der Waals surface area (Å²) in [5, 5.41) is 10.1. The minimum Gasteiger partial charge on any atom is -0.444 e. The number of amides is 2. The average molecular weight is 408 g/mol. The second kappa shape index (κ2) is 9.58. The molecule has 9 heteroatoms. The molecule has 0 aliphatic carbocycles. The van der Waals surface area contributed by atoms with Crippen molar-refractivity contribution in [2.24, 2.45) is 0 Å². The highest BCUT2D eigenvalue weighted by atomic mass is 16.6. The third-order valence-corrected chi connectivity index (χ3v) is 5.01. The van der Waals surface area contributed by atoms with E-state index < -0.39 is 5.60 Å². The Balaban J connectivity index is 1.35. The molecular formula is C20H33N5O4. The van der Waals surface area contributed by atoms with Gasteiger partial charge in [-0.3, -0.25) is 14.4 Å². The molecule has 0 unspecified atom stereocenters. The third kappa shape index (κ3) is 7.32. The number of carbonyl (C=O) groups is 2. The standard InChI is InChI=1S/C20H33N5O4/c1-20(2,3)29-19(27)23-15-6-8-24(9-7-15)14-18(26)22-16-11-21-25(12-16)13-17-5-4-10-28-17/h11-12,15,17H,4-10,13-14H2,1-3H3,(H,22,26)(H,23,27)/t17-/m0/s1. The second-order valence-electron chi connectivity index (χ2n) is 8.83. The molecule has 2 aliphatic heterocycles. The summed E-state index contributed by atoms with van der Waals surface area (Å²) in [6, 6.07) is 0.0835. The largest absolute Gasteiger partial charge is 0.444 e. The zero-order valence-electron chi connectivity index (χ0n) is 17.6. The number of hydrogen-bond acceptors (Lipinski definition) is 6. The van der Waals surface area contributed by atoms with Gasteiger partial charge in [0.05, 0.1) is 31.1 Å². The SMILES string of the molecule is CC(C)(C)OC(=O)NC1CCN(CC(=O)Nc2cnn(C[C@@H]3CCCO3)c2)CC1. The number of carbonyl (C=O) groups excluding carboxylic acids is 2. The van der Waals surface area contributed by atoms with E-state index in [9.17, 15) is 9.59 Å². The number of ether oxygens (including phenoxy) is 2. The van der Waals surface area contributed by atoms with Crippen molar-refractivity contribution >= 4 is 17.7 Å². The van der Waals surface area contributed by atoms with Gasteiger partial charge in [0.25, 0.3) is 0 Å². The van der Waals surface area contributed by atoms with E-state index in [-0.39, 0.29) is 24.1 Å². The lowest BCUT2D eigenvalue weighted by molar-refractivity contribution is -0.117. The van der Waals surface area contributed by atoms with Gasteiger partial charge < -0.3 is 20.1 Å². The van der Waals surface area contributed by atoms with Crippen LogP contribution in [0.25, 0.3) is 0 Å². The smallest absolute Gasteiger partial charge is 0.407 e. The predicted molar refractivity (Wildman–Crippen MR) is 109 cm³/mol. The van der Waals surface area contributed by atoms with E-state index in [1.165, 1.54) is 0 Å². The lowest BCUT2D eigenvalue weighted by Gasteiger charge is -2.32. The minimum absolute atomic E-state index is 0.0554. The number of nitrogens with one attached hydrogen (secondary N) is 2. The van der Waals surface area contributed by atoms with Gasteiger partial charge in [-0.25, -0.2) is 4.79 Å². The van der Waals surface area contributed by atoms with Crippen LogP contribution in [0.4, 0.5) is 10.5 Å². The predicted octanol–water partition coefficient (Wildman–Crippen LogP) is 1.99. The molecule has 162 valence electrons. The first kappa shape index (κ1) is 21.6. The first-order valence-electron chi connectivity index (χ1n) is 10.4. The lowest BCUT2D eigenvalue weighted by atomic mass is 10.1. The molecule has 0 aromatic carbocycles. The summed E-state index contributed by atoms with van der Waals surface area (Å²) in [5.74, 6) is -0.0554. The molecule has 2 saturated heterocycles. The van der Waals surface area contributed by atoms with Crippen LogP contribution >= 0.6 is 0 Å². The number of anilines is 1. The van der Waals surface area contributed by atoms with Gasteiger partial charge in [0.1, 0.15) is 5.60 Å². The molecule has 3 heterocycles. The number of aromatic nitrogens is 2. The summed E-state index contributed by atoms with van der Waals surface area (Å²) >= 11 is 0. The van der Waals surface area contributed by atoms with Crippen molar-refractivity contribution in [1.29, 1.82) is 0 Å². The zero-order valence-corrected chi connectivity index (χ0v) is 17.6. The number of likely N-dealkylation sites (tertiary alicyclic amines) is 1. The van der Waals surface area contributed by atoms with Gasteiger partial charge in [-0.1, -0.05) is 0 Å². The summed E-state index contributed by atoms with van der Waals surface area (Å²) in [7, 11) is 0. The quantitative estimate of drug-likeness (QED) is 0.748. The van der Waals surface area contributed by atoms with Crippen LogP contribution in [0.1, 0.15) is 46.5 Å². The van der Waals surface area contributed by atoms with Crippen LogP contribution in [-0.4, -0.2) is 70.7 Å². The van der Waals surface area contributed by atoms with Crippen molar-refractivity contribution in [2.45, 2.75) is 70.7 Å². The molecule has 2 fully saturated rings. The molecule has 1 aromatic heterocycles. The highest BCUT2D eigenvalue weighted by Gasteiger charge is 2.24. The van der Waals surface area contributed by atoms with Gasteiger partial charge in [-0.2, -0.15) is 5.10 Å². The Kier molecular flexibility index (Phi) is 7.13. The van der Waals surface area contributed by atoms with Crippen LogP contribution < -0.4 is 10.6 Å². The summed E-state index contributed by atoms with van der Waals surface area (Å²) in [5.41, 5.74) is 0.204. The van der Waals surface area contributed by atoms with E-state index in [0.717, 1.165) is 45.4 Å². The minimum atomic E-state index is -0.499. The molecule has 1 aromatic rings. The molecular weight excluding hydrogens is 374 g/mol. The van der Waals surface area contributed by atoms with Crippen molar-refractivity contribution < 1.29 is 19.1 Å². The average Bonchev–Trinajstić information content (AvgIpc) is 3.27. The number of hydrogen-bond donors (Lipinski definition) is 2. The summed E-state index contributed by atoms with van der Waals surface area (Å²) in [4.78, 5) is 26.3. The maximum absolute atomic E-state index is 12.3. The second-order valence-corrected chi connectivity index (χ2v) is 8.83. The van der Waals surface area contributed by atoms with Crippen LogP contribution in [0.2, 0.25) is 0 Å². The summed E-state index contributed by atoms with van der Waals surface area (Å²) < 4.78 is 12.7. The number of alkyl carbamates (subject to hydrolysis) is 1. The van der Waals surface area contributed by atoms with Gasteiger partial charge >= 0.3 is 6.09 Å². The van der Waals surface area contributed by atoms with Gasteiger partial charge in [0.2, 0.25) is 5.91 Å². The molecule has 0 saturated carbocycles. The maximum Gasteiger partial charge on any atom is 0.407 e. The Labute approximate surface area is 172 Å². The molecule has 2 amide bonds. The molecule has 9 nitrogen and oxygen atoms in total. The fourth-order valence-electron chi connectivity index (χ4n) is 3.64. The summed E-state index contributed by atoms with van der Waals surface area (Å²) in [6.45, 7) is 8.92. The number of nitrogens with zero attached hydrogens (tertiary/aromatic N) is 3. The Bertz CT molecular complexity index is 685. The van der Waals surface area contributed by atoms with E-state index in [1.54, 1.807) is 6.20 Å². The summed E-state index contributed by atoms with van der Waals surface area (Å²) in [6.07, 6.45) is 7.10. The van der Waals surface area contributed by atoms with Gasteiger partial charge in [0, 0.05) is 31.9 Å². The Morgan fingerprint density at radius 1 is 1.28 bits per heavy atom. The third-order valence-electron chi connectivity index (χ3n) is 5.01. The van der Waals surface area contributed by atoms with Crippen molar-refractivity contribution in [2.75, 3.05) is 31.6 Å². The molecule has 0 radical (unpaired) electrons. The molecule has 0 bridgehead atoms. The van der Waals surface area contributed by atoms with Crippen LogP contribution in [0.3, 0.4) is 0 Å². The van der Waals surface area contributed by atoms with Crippen LogP contribution in [0.15, 0.2) is 12.4 Å². The van der Waals surface area contributed by atoms with Crippen molar-refractivity contribution in [3.8, 4) is 0 Å². The molecule has 2 aliphatic rings. The fourth-order valence-corrected chi connectivity index (χ4v) is 3.64. The fraction of sp³-hybridized carbons (Fsp3) is 0.750. The van der Waals surface area contributed by atoms with Crippen molar-refractivity contribution in [3.05, 3.63) is 12.4 Å². The van der Waals surface area contributed by atoms with E-state index in [4.69, 9.17) is 9.47 Å². The zero-order chi connectivity index (χ0) is 20.9. The molecule has 0 spiro atoms. The first-order chi connectivity index (χ1) is 13.8. The van der Waals surface area contributed by atoms with E-state index in [2.05, 4.69) is 20.6 Å². The lowest BCUT2D eigenvalue weighted by Crippen LogP contribution is -2.47. The Hall–Kier alpha value is -2.13. The van der Waals surface area contributed by atoms with Crippen LogP contribution in [0.5, 0.6) is 0 Å². The Morgan fingerprint density at radius 3 is 2.69 bits per heavy atom. The number of rotatable bonds is 6. The maximum atomic E-state index is 12.3. The van der Waals surface area contributed by atoms with E-state index >= 15 is 0 Å². The van der Waals surface area contributed by atoms with Crippen molar-refractivity contribution in [3.63, 3.8) is 0 Å². The highest BCUT2D eigenvalue weighted by molar-refractivity contribution is 5.91. The molecule has 29 heavy (non-hydrogen) atoms. The van der Waals surface area contributed by atoms with Crippen LogP contribution in [0, 0.1) is 0 Å². The first-order valence-corrected chi connectivity index (χ1v) is 10.4. The monoisotopic (exact) mass is 407 g/mol. The molecule has 1 atom stereocenters. The normalized spacial score (nSPS) is 21.1. The van der Waals surface area contributed by atoms with Crippen LogP contribution in [-0.2, 0) is 20.8 Å². The topological polar surface area (TPSA) is 97.7 Å². The van der Waals surface area contributed by atoms with E-state index in [1.807, 2.05) is 31.6 Å². The van der Waals surface area contributed by atoms with Crippen molar-refractivity contribution in [1.82, 2.24) is 20.0 Å².